The molecule has 1 saturated heterocycles. The van der Waals surface area contributed by atoms with E-state index >= 15 is 0 Å². The van der Waals surface area contributed by atoms with Gasteiger partial charge in [-0.2, -0.15) is 4.31 Å². The Morgan fingerprint density at radius 3 is 2.44 bits per heavy atom. The molecule has 1 unspecified atom stereocenters. The Hall–Kier alpha value is -2.99. The van der Waals surface area contributed by atoms with Crippen LogP contribution in [-0.4, -0.2) is 50.8 Å². The first-order chi connectivity index (χ1) is 15.1. The van der Waals surface area contributed by atoms with E-state index in [2.05, 4.69) is 10.1 Å². The van der Waals surface area contributed by atoms with Crippen molar-refractivity contribution in [2.75, 3.05) is 25.1 Å². The molecule has 0 bridgehead atoms. The Morgan fingerprint density at radius 2 is 1.75 bits per heavy atom. The maximum atomic E-state index is 13.2. The van der Waals surface area contributed by atoms with E-state index in [-0.39, 0.29) is 17.1 Å². The van der Waals surface area contributed by atoms with Gasteiger partial charge in [0.1, 0.15) is 25.0 Å². The molecule has 1 fully saturated rings. The molecule has 2 aliphatic heterocycles. The minimum Gasteiger partial charge on any atom is -0.486 e. The van der Waals surface area contributed by atoms with Crippen molar-refractivity contribution < 1.29 is 40.6 Å². The van der Waals surface area contributed by atoms with Crippen molar-refractivity contribution in [3.8, 4) is 17.2 Å². The van der Waals surface area contributed by atoms with Gasteiger partial charge in [0.2, 0.25) is 15.9 Å². The van der Waals surface area contributed by atoms with E-state index in [0.717, 1.165) is 16.4 Å². The number of fused-ring (bicyclic) bond motifs is 1. The van der Waals surface area contributed by atoms with Gasteiger partial charge in [0.15, 0.2) is 11.5 Å². The second kappa shape index (κ2) is 8.51. The van der Waals surface area contributed by atoms with Crippen molar-refractivity contribution in [3.05, 3.63) is 42.5 Å². The van der Waals surface area contributed by atoms with Crippen LogP contribution >= 0.6 is 0 Å². The summed E-state index contributed by atoms with van der Waals surface area (Å²) in [5.41, 5.74) is 0.216. The van der Waals surface area contributed by atoms with Gasteiger partial charge in [-0.15, -0.1) is 13.2 Å². The molecule has 0 spiro atoms. The Kier molecular flexibility index (Phi) is 5.91. The lowest BCUT2D eigenvalue weighted by atomic mass is 10.2. The summed E-state index contributed by atoms with van der Waals surface area (Å²) >= 11 is 0. The van der Waals surface area contributed by atoms with Gasteiger partial charge >= 0.3 is 6.36 Å². The van der Waals surface area contributed by atoms with Gasteiger partial charge < -0.3 is 19.5 Å². The van der Waals surface area contributed by atoms with Gasteiger partial charge in [0.05, 0.1) is 4.90 Å². The lowest BCUT2D eigenvalue weighted by Gasteiger charge is -2.24. The molecule has 0 aliphatic carbocycles. The van der Waals surface area contributed by atoms with Crippen LogP contribution in [0.25, 0.3) is 0 Å². The number of nitrogens with zero attached hydrogens (tertiary/aromatic N) is 1. The van der Waals surface area contributed by atoms with Crippen molar-refractivity contribution in [3.63, 3.8) is 0 Å². The second-order valence-electron chi connectivity index (χ2n) is 7.14. The smallest absolute Gasteiger partial charge is 0.486 e. The summed E-state index contributed by atoms with van der Waals surface area (Å²) in [7, 11) is -3.99. The normalized spacial score (nSPS) is 18.9. The lowest BCUT2D eigenvalue weighted by molar-refractivity contribution is -0.274. The van der Waals surface area contributed by atoms with E-state index in [1.54, 1.807) is 0 Å². The third-order valence-electron chi connectivity index (χ3n) is 4.98. The van der Waals surface area contributed by atoms with Crippen LogP contribution in [0.5, 0.6) is 17.2 Å². The predicted octanol–water partition coefficient (Wildman–Crippen LogP) is 3.15. The molecule has 2 aromatic rings. The highest BCUT2D eigenvalue weighted by Crippen LogP contribution is 2.35. The molecule has 0 radical (unpaired) electrons. The molecular weight excluding hydrogens is 453 g/mol. The van der Waals surface area contributed by atoms with Gasteiger partial charge in [-0.3, -0.25) is 4.79 Å². The summed E-state index contributed by atoms with van der Waals surface area (Å²) < 4.78 is 79.0. The summed E-state index contributed by atoms with van der Waals surface area (Å²) in [5, 5.41) is 2.55. The van der Waals surface area contributed by atoms with E-state index in [9.17, 15) is 26.4 Å². The van der Waals surface area contributed by atoms with Crippen LogP contribution in [0.3, 0.4) is 0 Å². The van der Waals surface area contributed by atoms with Crippen LogP contribution in [-0.2, 0) is 14.8 Å². The molecule has 8 nitrogen and oxygen atoms in total. The summed E-state index contributed by atoms with van der Waals surface area (Å²) in [6.45, 7) is 0.835. The number of rotatable bonds is 5. The number of carbonyl (C=O) groups is 1. The highest BCUT2D eigenvalue weighted by molar-refractivity contribution is 7.89. The number of anilines is 1. The summed E-state index contributed by atoms with van der Waals surface area (Å²) in [5.74, 6) is -0.241. The number of alkyl halides is 3. The summed E-state index contributed by atoms with van der Waals surface area (Å²) in [4.78, 5) is 12.8. The van der Waals surface area contributed by atoms with Gasteiger partial charge in [-0.1, -0.05) is 0 Å². The van der Waals surface area contributed by atoms with Crippen LogP contribution in [0.2, 0.25) is 0 Å². The number of benzene rings is 2. The number of amides is 1. The minimum atomic E-state index is -4.82. The number of ether oxygens (including phenoxy) is 3. The Labute approximate surface area is 181 Å². The topological polar surface area (TPSA) is 94.2 Å². The predicted molar refractivity (Wildman–Crippen MR) is 106 cm³/mol. The zero-order valence-electron chi connectivity index (χ0n) is 16.6. The van der Waals surface area contributed by atoms with Crippen molar-refractivity contribution in [1.29, 1.82) is 0 Å². The van der Waals surface area contributed by atoms with Gasteiger partial charge in [0, 0.05) is 18.3 Å². The van der Waals surface area contributed by atoms with Crippen LogP contribution in [0.1, 0.15) is 12.8 Å². The average molecular weight is 472 g/mol. The minimum absolute atomic E-state index is 0.0184. The molecular formula is C20H19F3N2O6S. The fourth-order valence-corrected chi connectivity index (χ4v) is 5.25. The quantitative estimate of drug-likeness (QED) is 0.719. The second-order valence-corrected chi connectivity index (χ2v) is 9.03. The molecule has 2 aliphatic rings. The van der Waals surface area contributed by atoms with Crippen LogP contribution < -0.4 is 19.5 Å². The lowest BCUT2D eigenvalue weighted by Crippen LogP contribution is -2.43. The fourth-order valence-electron chi connectivity index (χ4n) is 3.57. The largest absolute Gasteiger partial charge is 0.573 e. The monoisotopic (exact) mass is 472 g/mol. The van der Waals surface area contributed by atoms with E-state index < -0.39 is 34.1 Å². The molecule has 1 N–H and O–H groups in total. The number of hydrogen-bond acceptors (Lipinski definition) is 6. The third kappa shape index (κ3) is 4.75. The Morgan fingerprint density at radius 1 is 1.06 bits per heavy atom. The average Bonchev–Trinajstić information content (AvgIpc) is 3.25. The SMILES string of the molecule is O=C(Nc1ccc(OC(F)(F)F)cc1)C1CCCN1S(=O)(=O)c1ccc2c(c1)OCCO2. The molecule has 172 valence electrons. The number of halogens is 3. The number of sulfonamides is 1. The number of hydrogen-bond donors (Lipinski definition) is 1. The molecule has 32 heavy (non-hydrogen) atoms. The number of nitrogens with one attached hydrogen (secondary N) is 1. The molecule has 0 saturated carbocycles. The maximum Gasteiger partial charge on any atom is 0.573 e. The van der Waals surface area contributed by atoms with Crippen LogP contribution in [0.4, 0.5) is 18.9 Å². The first kappa shape index (κ1) is 22.2. The molecule has 1 atom stereocenters. The van der Waals surface area contributed by atoms with Crippen molar-refractivity contribution >= 4 is 21.6 Å². The highest BCUT2D eigenvalue weighted by atomic mass is 32.2. The fraction of sp³-hybridized carbons (Fsp3) is 0.350. The van der Waals surface area contributed by atoms with Gasteiger partial charge in [-0.25, -0.2) is 8.42 Å². The molecule has 1 amide bonds. The van der Waals surface area contributed by atoms with Crippen LogP contribution in [0.15, 0.2) is 47.4 Å². The van der Waals surface area contributed by atoms with E-state index in [1.807, 2.05) is 0 Å². The van der Waals surface area contributed by atoms with Crippen molar-refractivity contribution in [1.82, 2.24) is 4.31 Å². The first-order valence-corrected chi connectivity index (χ1v) is 11.2. The van der Waals surface area contributed by atoms with Gasteiger partial charge in [0.25, 0.3) is 0 Å². The number of carbonyl (C=O) groups excluding carboxylic acids is 1. The van der Waals surface area contributed by atoms with Crippen molar-refractivity contribution in [2.45, 2.75) is 30.1 Å². The molecule has 4 rings (SSSR count). The summed E-state index contributed by atoms with van der Waals surface area (Å²) in [6.07, 6.45) is -4.03. The zero-order chi connectivity index (χ0) is 22.9. The molecule has 2 aromatic carbocycles. The standard InChI is InChI=1S/C20H19F3N2O6S/c21-20(22,23)31-14-5-3-13(4-6-14)24-19(26)16-2-1-9-25(16)32(27,28)15-7-8-17-18(12-15)30-11-10-29-17/h3-8,12,16H,1-2,9-11H2,(H,24,26). The Bertz CT molecular complexity index is 1110. The Balaban J connectivity index is 1.48. The van der Waals surface area contributed by atoms with E-state index in [1.165, 1.54) is 30.3 Å². The zero-order valence-corrected chi connectivity index (χ0v) is 17.4. The van der Waals surface area contributed by atoms with E-state index in [0.29, 0.717) is 37.6 Å². The summed E-state index contributed by atoms with van der Waals surface area (Å²) in [6, 6.07) is 7.92. The van der Waals surface area contributed by atoms with Crippen LogP contribution in [0, 0.1) is 0 Å². The highest BCUT2D eigenvalue weighted by Gasteiger charge is 2.40. The molecule has 12 heteroatoms. The molecule has 2 heterocycles. The first-order valence-electron chi connectivity index (χ1n) is 9.72. The van der Waals surface area contributed by atoms with Gasteiger partial charge in [-0.05, 0) is 49.2 Å². The van der Waals surface area contributed by atoms with Crippen molar-refractivity contribution in [2.24, 2.45) is 0 Å². The van der Waals surface area contributed by atoms with E-state index in [4.69, 9.17) is 9.47 Å². The maximum absolute atomic E-state index is 13.2. The third-order valence-corrected chi connectivity index (χ3v) is 6.89. The molecule has 0 aromatic heterocycles.